The predicted molar refractivity (Wildman–Crippen MR) is 77.3 cm³/mol. The zero-order chi connectivity index (χ0) is 13.7. The largest absolute Gasteiger partial charge is 0.388 e. The SMILES string of the molecule is CCN1CCC(C(C)NCC2(O)CCOCC2)CC1. The molecule has 0 saturated carbocycles. The first-order valence-electron chi connectivity index (χ1n) is 7.89. The zero-order valence-corrected chi connectivity index (χ0v) is 12.5. The molecule has 0 aromatic rings. The molecule has 2 N–H and O–H groups in total. The van der Waals surface area contributed by atoms with Crippen molar-refractivity contribution in [2.45, 2.75) is 51.2 Å². The summed E-state index contributed by atoms with van der Waals surface area (Å²) in [6.07, 6.45) is 4.09. The Bertz CT molecular complexity index is 259. The zero-order valence-electron chi connectivity index (χ0n) is 12.5. The second kappa shape index (κ2) is 7.02. The highest BCUT2D eigenvalue weighted by Crippen LogP contribution is 2.23. The monoisotopic (exact) mass is 270 g/mol. The molecule has 0 spiro atoms. The van der Waals surface area contributed by atoms with Gasteiger partial charge in [-0.05, 0) is 45.3 Å². The number of nitrogens with zero attached hydrogens (tertiary/aromatic N) is 1. The van der Waals surface area contributed by atoms with Gasteiger partial charge in [-0.1, -0.05) is 6.92 Å². The van der Waals surface area contributed by atoms with E-state index in [4.69, 9.17) is 4.74 Å². The summed E-state index contributed by atoms with van der Waals surface area (Å²) < 4.78 is 5.32. The van der Waals surface area contributed by atoms with Gasteiger partial charge in [0.25, 0.3) is 0 Å². The van der Waals surface area contributed by atoms with Crippen molar-refractivity contribution in [1.82, 2.24) is 10.2 Å². The Labute approximate surface area is 117 Å². The Morgan fingerprint density at radius 1 is 1.32 bits per heavy atom. The molecule has 0 radical (unpaired) electrons. The van der Waals surface area contributed by atoms with Gasteiger partial charge in [-0.25, -0.2) is 0 Å². The first-order valence-corrected chi connectivity index (χ1v) is 7.89. The molecule has 0 bridgehead atoms. The summed E-state index contributed by atoms with van der Waals surface area (Å²) in [6.45, 7) is 10.2. The summed E-state index contributed by atoms with van der Waals surface area (Å²) in [5, 5.41) is 14.0. The third kappa shape index (κ3) is 4.42. The van der Waals surface area contributed by atoms with Crippen LogP contribution in [0, 0.1) is 5.92 Å². The van der Waals surface area contributed by atoms with Gasteiger partial charge in [0.15, 0.2) is 0 Å². The number of piperidine rings is 1. The number of hydrogen-bond acceptors (Lipinski definition) is 4. The van der Waals surface area contributed by atoms with Crippen molar-refractivity contribution in [2.24, 2.45) is 5.92 Å². The van der Waals surface area contributed by atoms with Gasteiger partial charge in [0, 0.05) is 38.6 Å². The highest BCUT2D eigenvalue weighted by atomic mass is 16.5. The quantitative estimate of drug-likeness (QED) is 0.789. The molecular formula is C15H30N2O2. The molecule has 2 fully saturated rings. The van der Waals surface area contributed by atoms with E-state index in [1.54, 1.807) is 0 Å². The van der Waals surface area contributed by atoms with Crippen LogP contribution in [0.4, 0.5) is 0 Å². The van der Waals surface area contributed by atoms with E-state index < -0.39 is 5.60 Å². The number of aliphatic hydroxyl groups is 1. The van der Waals surface area contributed by atoms with E-state index in [0.717, 1.165) is 18.8 Å². The maximum absolute atomic E-state index is 10.4. The third-order valence-corrected chi connectivity index (χ3v) is 4.96. The summed E-state index contributed by atoms with van der Waals surface area (Å²) in [5.41, 5.74) is -0.545. The fourth-order valence-electron chi connectivity index (χ4n) is 3.21. The van der Waals surface area contributed by atoms with Gasteiger partial charge in [-0.3, -0.25) is 0 Å². The topological polar surface area (TPSA) is 44.7 Å². The van der Waals surface area contributed by atoms with Gasteiger partial charge >= 0.3 is 0 Å². The normalized spacial score (nSPS) is 27.3. The lowest BCUT2D eigenvalue weighted by molar-refractivity contribution is -0.0636. The molecule has 2 aliphatic rings. The van der Waals surface area contributed by atoms with Crippen molar-refractivity contribution < 1.29 is 9.84 Å². The standard InChI is InChI=1S/C15H30N2O2/c1-3-17-8-4-14(5-9-17)13(2)16-12-15(18)6-10-19-11-7-15/h13-14,16,18H,3-12H2,1-2H3. The second-order valence-corrected chi connectivity index (χ2v) is 6.28. The highest BCUT2D eigenvalue weighted by molar-refractivity contribution is 4.86. The number of rotatable bonds is 5. The van der Waals surface area contributed by atoms with Crippen LogP contribution in [0.2, 0.25) is 0 Å². The molecule has 4 heteroatoms. The van der Waals surface area contributed by atoms with E-state index in [0.29, 0.717) is 25.8 Å². The average Bonchev–Trinajstić information content (AvgIpc) is 2.46. The van der Waals surface area contributed by atoms with E-state index in [-0.39, 0.29) is 0 Å². The minimum Gasteiger partial charge on any atom is -0.388 e. The van der Waals surface area contributed by atoms with Crippen molar-refractivity contribution in [2.75, 3.05) is 39.4 Å². The Kier molecular flexibility index (Phi) is 5.63. The molecule has 1 unspecified atom stereocenters. The molecule has 4 nitrogen and oxygen atoms in total. The van der Waals surface area contributed by atoms with Crippen molar-refractivity contribution in [3.8, 4) is 0 Å². The van der Waals surface area contributed by atoms with Crippen molar-refractivity contribution in [3.63, 3.8) is 0 Å². The number of nitrogens with one attached hydrogen (secondary N) is 1. The van der Waals surface area contributed by atoms with E-state index in [2.05, 4.69) is 24.1 Å². The molecule has 0 amide bonds. The van der Waals surface area contributed by atoms with Crippen molar-refractivity contribution in [1.29, 1.82) is 0 Å². The minimum absolute atomic E-state index is 0.505. The number of hydrogen-bond donors (Lipinski definition) is 2. The molecule has 0 aromatic heterocycles. The van der Waals surface area contributed by atoms with Crippen LogP contribution in [-0.2, 0) is 4.74 Å². The molecule has 2 saturated heterocycles. The van der Waals surface area contributed by atoms with E-state index in [1.165, 1.54) is 32.5 Å². The fraction of sp³-hybridized carbons (Fsp3) is 1.00. The first-order chi connectivity index (χ1) is 9.13. The third-order valence-electron chi connectivity index (χ3n) is 4.96. The molecule has 1 atom stereocenters. The van der Waals surface area contributed by atoms with Gasteiger partial charge in [-0.15, -0.1) is 0 Å². The molecule has 2 rings (SSSR count). The smallest absolute Gasteiger partial charge is 0.0815 e. The Morgan fingerprint density at radius 2 is 1.95 bits per heavy atom. The van der Waals surface area contributed by atoms with Gasteiger partial charge in [0.2, 0.25) is 0 Å². The lowest BCUT2D eigenvalue weighted by Gasteiger charge is -2.37. The van der Waals surface area contributed by atoms with Crippen LogP contribution < -0.4 is 5.32 Å². The maximum atomic E-state index is 10.4. The van der Waals surface area contributed by atoms with Crippen LogP contribution in [0.5, 0.6) is 0 Å². The lowest BCUT2D eigenvalue weighted by Crippen LogP contribution is -2.50. The van der Waals surface area contributed by atoms with E-state index in [1.807, 2.05) is 0 Å². The van der Waals surface area contributed by atoms with Crippen LogP contribution in [-0.4, -0.2) is 61.0 Å². The van der Waals surface area contributed by atoms with E-state index >= 15 is 0 Å². The minimum atomic E-state index is -0.545. The second-order valence-electron chi connectivity index (χ2n) is 6.28. The summed E-state index contributed by atoms with van der Waals surface area (Å²) >= 11 is 0. The summed E-state index contributed by atoms with van der Waals surface area (Å²) in [4.78, 5) is 2.52. The summed E-state index contributed by atoms with van der Waals surface area (Å²) in [7, 11) is 0. The number of likely N-dealkylation sites (tertiary alicyclic amines) is 1. The van der Waals surface area contributed by atoms with Gasteiger partial charge in [-0.2, -0.15) is 0 Å². The predicted octanol–water partition coefficient (Wildman–Crippen LogP) is 1.24. The van der Waals surface area contributed by atoms with Crippen LogP contribution in [0.3, 0.4) is 0 Å². The highest BCUT2D eigenvalue weighted by Gasteiger charge is 2.31. The van der Waals surface area contributed by atoms with Crippen LogP contribution in [0.1, 0.15) is 39.5 Å². The van der Waals surface area contributed by atoms with Crippen LogP contribution in [0.15, 0.2) is 0 Å². The molecule has 0 aromatic carbocycles. The fourth-order valence-corrected chi connectivity index (χ4v) is 3.21. The lowest BCUT2D eigenvalue weighted by atomic mass is 9.89. The Hall–Kier alpha value is -0.160. The molecular weight excluding hydrogens is 240 g/mol. The van der Waals surface area contributed by atoms with Crippen molar-refractivity contribution >= 4 is 0 Å². The molecule has 112 valence electrons. The average molecular weight is 270 g/mol. The molecule has 0 aliphatic carbocycles. The van der Waals surface area contributed by atoms with Gasteiger partial charge in [0.05, 0.1) is 5.60 Å². The summed E-state index contributed by atoms with van der Waals surface area (Å²) in [6, 6.07) is 0.505. The molecule has 2 aliphatic heterocycles. The van der Waals surface area contributed by atoms with Crippen LogP contribution >= 0.6 is 0 Å². The Morgan fingerprint density at radius 3 is 2.53 bits per heavy atom. The van der Waals surface area contributed by atoms with Crippen LogP contribution in [0.25, 0.3) is 0 Å². The molecule has 19 heavy (non-hydrogen) atoms. The van der Waals surface area contributed by atoms with Gasteiger partial charge < -0.3 is 20.1 Å². The summed E-state index contributed by atoms with van der Waals surface area (Å²) in [5.74, 6) is 0.756. The number of ether oxygens (including phenoxy) is 1. The Balaban J connectivity index is 1.70. The molecule has 2 heterocycles. The van der Waals surface area contributed by atoms with Crippen molar-refractivity contribution in [3.05, 3.63) is 0 Å². The van der Waals surface area contributed by atoms with E-state index in [9.17, 15) is 5.11 Å². The van der Waals surface area contributed by atoms with Gasteiger partial charge in [0.1, 0.15) is 0 Å². The first kappa shape index (κ1) is 15.2. The maximum Gasteiger partial charge on any atom is 0.0815 e.